The van der Waals surface area contributed by atoms with E-state index in [1.165, 1.54) is 12.1 Å². The third-order valence-corrected chi connectivity index (χ3v) is 3.38. The van der Waals surface area contributed by atoms with E-state index in [0.717, 1.165) is 22.2 Å². The molecule has 0 aliphatic rings. The summed E-state index contributed by atoms with van der Waals surface area (Å²) < 4.78 is 13.6. The van der Waals surface area contributed by atoms with E-state index in [0.29, 0.717) is 0 Å². The molecule has 0 spiro atoms. The Hall–Kier alpha value is -0.0600. The maximum Gasteiger partial charge on any atom is 0.124 e. The Labute approximate surface area is 96.4 Å². The highest BCUT2D eigenvalue weighted by atomic mass is 79.9. The number of benzene rings is 1. The molecule has 0 saturated carbocycles. The predicted molar refractivity (Wildman–Crippen MR) is 64.2 cm³/mol. The van der Waals surface area contributed by atoms with E-state index in [9.17, 15) is 4.39 Å². The van der Waals surface area contributed by atoms with Crippen molar-refractivity contribution < 1.29 is 4.39 Å². The first-order valence-corrected chi connectivity index (χ1v) is 6.50. The molecule has 78 valence electrons. The van der Waals surface area contributed by atoms with Crippen molar-refractivity contribution in [2.75, 3.05) is 12.0 Å². The third kappa shape index (κ3) is 3.59. The van der Waals surface area contributed by atoms with Crippen LogP contribution in [0.2, 0.25) is 0 Å². The highest BCUT2D eigenvalue weighted by Crippen LogP contribution is 2.19. The van der Waals surface area contributed by atoms with Gasteiger partial charge in [0.2, 0.25) is 0 Å². The molecule has 0 aliphatic heterocycles. The number of halogens is 2. The summed E-state index contributed by atoms with van der Waals surface area (Å²) in [7, 11) is 0. The van der Waals surface area contributed by atoms with Gasteiger partial charge in [0, 0.05) is 16.3 Å². The summed E-state index contributed by atoms with van der Waals surface area (Å²) in [6.45, 7) is 0. The van der Waals surface area contributed by atoms with Crippen LogP contribution in [0, 0.1) is 5.82 Å². The van der Waals surface area contributed by atoms with Crippen molar-refractivity contribution in [3.8, 4) is 0 Å². The Kier molecular flexibility index (Phi) is 4.92. The molecule has 1 aromatic carbocycles. The van der Waals surface area contributed by atoms with Crippen molar-refractivity contribution in [2.45, 2.75) is 12.5 Å². The van der Waals surface area contributed by atoms with Crippen molar-refractivity contribution >= 4 is 27.7 Å². The van der Waals surface area contributed by atoms with Gasteiger partial charge in [-0.1, -0.05) is 22.0 Å². The minimum Gasteiger partial charge on any atom is -0.327 e. The van der Waals surface area contributed by atoms with Gasteiger partial charge in [-0.15, -0.1) is 0 Å². The quantitative estimate of drug-likeness (QED) is 0.916. The highest BCUT2D eigenvalue weighted by molar-refractivity contribution is 9.10. The SMILES string of the molecule is CSCC(N)Cc1ccc(F)cc1Br. The van der Waals surface area contributed by atoms with Crippen LogP contribution < -0.4 is 5.73 Å². The largest absolute Gasteiger partial charge is 0.327 e. The molecule has 2 N–H and O–H groups in total. The summed E-state index contributed by atoms with van der Waals surface area (Å²) in [5, 5.41) is 0. The summed E-state index contributed by atoms with van der Waals surface area (Å²) >= 11 is 5.05. The molecule has 0 aliphatic carbocycles. The van der Waals surface area contributed by atoms with Crippen LogP contribution in [0.4, 0.5) is 4.39 Å². The smallest absolute Gasteiger partial charge is 0.124 e. The summed E-state index contributed by atoms with van der Waals surface area (Å²) in [4.78, 5) is 0. The van der Waals surface area contributed by atoms with Crippen molar-refractivity contribution in [3.63, 3.8) is 0 Å². The van der Waals surface area contributed by atoms with Crippen LogP contribution in [-0.2, 0) is 6.42 Å². The second kappa shape index (κ2) is 5.73. The van der Waals surface area contributed by atoms with Gasteiger partial charge in [-0.05, 0) is 30.4 Å². The van der Waals surface area contributed by atoms with E-state index in [-0.39, 0.29) is 11.9 Å². The lowest BCUT2D eigenvalue weighted by Crippen LogP contribution is -2.25. The number of hydrogen-bond donors (Lipinski definition) is 1. The molecule has 0 heterocycles. The van der Waals surface area contributed by atoms with Crippen molar-refractivity contribution in [1.82, 2.24) is 0 Å². The second-order valence-corrected chi connectivity index (χ2v) is 4.92. The van der Waals surface area contributed by atoms with Crippen LogP contribution in [0.3, 0.4) is 0 Å². The van der Waals surface area contributed by atoms with E-state index in [1.807, 2.05) is 6.26 Å². The Bertz CT molecular complexity index is 306. The lowest BCUT2D eigenvalue weighted by molar-refractivity contribution is 0.625. The molecule has 1 rings (SSSR count). The van der Waals surface area contributed by atoms with E-state index in [4.69, 9.17) is 5.73 Å². The first-order chi connectivity index (χ1) is 6.63. The minimum absolute atomic E-state index is 0.131. The van der Waals surface area contributed by atoms with Gasteiger partial charge in [-0.2, -0.15) is 11.8 Å². The van der Waals surface area contributed by atoms with E-state index in [2.05, 4.69) is 15.9 Å². The maximum atomic E-state index is 12.8. The highest BCUT2D eigenvalue weighted by Gasteiger charge is 2.06. The third-order valence-electron chi connectivity index (χ3n) is 1.88. The topological polar surface area (TPSA) is 26.0 Å². The van der Waals surface area contributed by atoms with Crippen LogP contribution in [-0.4, -0.2) is 18.1 Å². The molecular weight excluding hydrogens is 265 g/mol. The zero-order chi connectivity index (χ0) is 10.6. The van der Waals surface area contributed by atoms with Crippen molar-refractivity contribution in [2.24, 2.45) is 5.73 Å². The van der Waals surface area contributed by atoms with Gasteiger partial charge in [0.1, 0.15) is 5.82 Å². The van der Waals surface area contributed by atoms with E-state index in [1.54, 1.807) is 17.8 Å². The number of rotatable bonds is 4. The molecule has 0 amide bonds. The molecule has 0 fully saturated rings. The fourth-order valence-corrected chi connectivity index (χ4v) is 2.30. The molecule has 1 atom stereocenters. The van der Waals surface area contributed by atoms with Crippen LogP contribution in [0.25, 0.3) is 0 Å². The van der Waals surface area contributed by atoms with Crippen molar-refractivity contribution in [3.05, 3.63) is 34.1 Å². The van der Waals surface area contributed by atoms with E-state index >= 15 is 0 Å². The molecule has 0 bridgehead atoms. The Morgan fingerprint density at radius 3 is 2.86 bits per heavy atom. The fourth-order valence-electron chi connectivity index (χ4n) is 1.24. The van der Waals surface area contributed by atoms with E-state index < -0.39 is 0 Å². The standard InChI is InChI=1S/C10H13BrFNS/c1-14-6-9(13)4-7-2-3-8(12)5-10(7)11/h2-3,5,9H,4,6,13H2,1H3. The van der Waals surface area contributed by atoms with Gasteiger partial charge in [-0.25, -0.2) is 4.39 Å². The summed E-state index contributed by atoms with van der Waals surface area (Å²) in [6.07, 6.45) is 2.81. The molecule has 1 unspecified atom stereocenters. The molecule has 0 aromatic heterocycles. The molecule has 14 heavy (non-hydrogen) atoms. The normalized spacial score (nSPS) is 12.9. The average Bonchev–Trinajstić information content (AvgIpc) is 2.10. The summed E-state index contributed by atoms with van der Waals surface area (Å²) in [6, 6.07) is 4.85. The summed E-state index contributed by atoms with van der Waals surface area (Å²) in [5.41, 5.74) is 6.95. The van der Waals surface area contributed by atoms with Crippen LogP contribution in [0.1, 0.15) is 5.56 Å². The van der Waals surface area contributed by atoms with Crippen LogP contribution in [0.5, 0.6) is 0 Å². The monoisotopic (exact) mass is 277 g/mol. The molecule has 0 radical (unpaired) electrons. The summed E-state index contributed by atoms with van der Waals surface area (Å²) in [5.74, 6) is 0.697. The zero-order valence-electron chi connectivity index (χ0n) is 7.97. The van der Waals surface area contributed by atoms with Crippen molar-refractivity contribution in [1.29, 1.82) is 0 Å². The van der Waals surface area contributed by atoms with Gasteiger partial charge in [-0.3, -0.25) is 0 Å². The maximum absolute atomic E-state index is 12.8. The minimum atomic E-state index is -0.223. The predicted octanol–water partition coefficient (Wildman–Crippen LogP) is 2.82. The number of nitrogens with two attached hydrogens (primary N) is 1. The number of hydrogen-bond acceptors (Lipinski definition) is 2. The zero-order valence-corrected chi connectivity index (χ0v) is 10.4. The lowest BCUT2D eigenvalue weighted by atomic mass is 10.1. The number of thioether (sulfide) groups is 1. The molecular formula is C10H13BrFNS. The van der Waals surface area contributed by atoms with Crippen LogP contribution >= 0.6 is 27.7 Å². The molecule has 4 heteroatoms. The lowest BCUT2D eigenvalue weighted by Gasteiger charge is -2.11. The Balaban J connectivity index is 2.67. The molecule has 0 saturated heterocycles. The molecule has 1 aromatic rings. The first kappa shape index (κ1) is 12.0. The fraction of sp³-hybridized carbons (Fsp3) is 0.400. The van der Waals surface area contributed by atoms with Gasteiger partial charge < -0.3 is 5.73 Å². The first-order valence-electron chi connectivity index (χ1n) is 4.32. The molecule has 1 nitrogen and oxygen atoms in total. The average molecular weight is 278 g/mol. The second-order valence-electron chi connectivity index (χ2n) is 3.16. The van der Waals surface area contributed by atoms with Crippen LogP contribution in [0.15, 0.2) is 22.7 Å². The Morgan fingerprint density at radius 1 is 1.57 bits per heavy atom. The van der Waals surface area contributed by atoms with Gasteiger partial charge >= 0.3 is 0 Å². The van der Waals surface area contributed by atoms with Gasteiger partial charge in [0.05, 0.1) is 0 Å². The van der Waals surface area contributed by atoms with Gasteiger partial charge in [0.25, 0.3) is 0 Å². The Morgan fingerprint density at radius 2 is 2.29 bits per heavy atom. The van der Waals surface area contributed by atoms with Gasteiger partial charge in [0.15, 0.2) is 0 Å².